The average Bonchev–Trinajstić information content (AvgIpc) is 2.42. The van der Waals surface area contributed by atoms with E-state index >= 15 is 0 Å². The Balaban J connectivity index is 1.88. The molecule has 1 aromatic carbocycles. The first-order chi connectivity index (χ1) is 9.65. The average molecular weight is 279 g/mol. The molecule has 2 nitrogen and oxygen atoms in total. The summed E-state index contributed by atoms with van der Waals surface area (Å²) < 4.78 is 19.8. The van der Waals surface area contributed by atoms with Crippen LogP contribution in [0.25, 0.3) is 0 Å². The van der Waals surface area contributed by atoms with E-state index < -0.39 is 0 Å². The van der Waals surface area contributed by atoms with Gasteiger partial charge < -0.3 is 10.1 Å². The highest BCUT2D eigenvalue weighted by Gasteiger charge is 2.16. The third kappa shape index (κ3) is 4.78. The molecule has 1 fully saturated rings. The van der Waals surface area contributed by atoms with Gasteiger partial charge in [-0.05, 0) is 55.8 Å². The number of hydrogen-bond donors (Lipinski definition) is 1. The quantitative estimate of drug-likeness (QED) is 0.839. The summed E-state index contributed by atoms with van der Waals surface area (Å²) in [7, 11) is 0. The lowest BCUT2D eigenvalue weighted by Gasteiger charge is -2.23. The molecule has 1 saturated carbocycles. The van der Waals surface area contributed by atoms with Crippen molar-refractivity contribution in [1.82, 2.24) is 5.32 Å². The molecule has 0 saturated heterocycles. The molecule has 0 aliphatic heterocycles. The predicted molar refractivity (Wildman–Crippen MR) is 80.4 cm³/mol. The maximum atomic E-state index is 14.0. The van der Waals surface area contributed by atoms with E-state index in [4.69, 9.17) is 4.74 Å². The van der Waals surface area contributed by atoms with Crippen LogP contribution in [0.1, 0.15) is 51.5 Å². The standard InChI is InChI=1S/C17H26FNO/c1-13(2)11-19-12-14-8-9-17(16(18)10-14)20-15-6-4-3-5-7-15/h8-10,13,15,19H,3-7,11-12H2,1-2H3. The van der Waals surface area contributed by atoms with Gasteiger partial charge in [0.2, 0.25) is 0 Å². The second-order valence-electron chi connectivity index (χ2n) is 6.17. The summed E-state index contributed by atoms with van der Waals surface area (Å²) in [6, 6.07) is 5.32. The molecule has 112 valence electrons. The topological polar surface area (TPSA) is 21.3 Å². The molecule has 1 aromatic rings. The van der Waals surface area contributed by atoms with Gasteiger partial charge in [-0.3, -0.25) is 0 Å². The Morgan fingerprint density at radius 2 is 2.00 bits per heavy atom. The number of hydrogen-bond acceptors (Lipinski definition) is 2. The molecular formula is C17H26FNO. The van der Waals surface area contributed by atoms with Crippen LogP contribution in [-0.2, 0) is 6.54 Å². The molecule has 0 radical (unpaired) electrons. The molecule has 0 atom stereocenters. The summed E-state index contributed by atoms with van der Waals surface area (Å²) in [5.41, 5.74) is 0.971. The van der Waals surface area contributed by atoms with Gasteiger partial charge in [-0.2, -0.15) is 0 Å². The molecule has 0 unspecified atom stereocenters. The smallest absolute Gasteiger partial charge is 0.165 e. The highest BCUT2D eigenvalue weighted by molar-refractivity contribution is 5.29. The SMILES string of the molecule is CC(C)CNCc1ccc(OC2CCCCC2)c(F)c1. The highest BCUT2D eigenvalue weighted by Crippen LogP contribution is 2.25. The van der Waals surface area contributed by atoms with Gasteiger partial charge in [-0.15, -0.1) is 0 Å². The van der Waals surface area contributed by atoms with Crippen LogP contribution in [0.5, 0.6) is 5.75 Å². The van der Waals surface area contributed by atoms with E-state index in [0.29, 0.717) is 18.2 Å². The molecule has 0 heterocycles. The van der Waals surface area contributed by atoms with Crippen molar-refractivity contribution in [2.75, 3.05) is 6.54 Å². The van der Waals surface area contributed by atoms with Crippen molar-refractivity contribution in [2.24, 2.45) is 5.92 Å². The van der Waals surface area contributed by atoms with Gasteiger partial charge in [0.25, 0.3) is 0 Å². The lowest BCUT2D eigenvalue weighted by Crippen LogP contribution is -2.21. The molecule has 1 N–H and O–H groups in total. The third-order valence-corrected chi connectivity index (χ3v) is 3.72. The van der Waals surface area contributed by atoms with E-state index in [1.165, 1.54) is 19.3 Å². The van der Waals surface area contributed by atoms with E-state index in [0.717, 1.165) is 24.9 Å². The Bertz CT molecular complexity index is 413. The van der Waals surface area contributed by atoms with Gasteiger partial charge >= 0.3 is 0 Å². The van der Waals surface area contributed by atoms with Crippen molar-refractivity contribution in [3.63, 3.8) is 0 Å². The number of benzene rings is 1. The molecule has 0 amide bonds. The Hall–Kier alpha value is -1.09. The van der Waals surface area contributed by atoms with Crippen molar-refractivity contribution in [3.8, 4) is 5.75 Å². The summed E-state index contributed by atoms with van der Waals surface area (Å²) in [6.45, 7) is 5.98. The number of halogens is 1. The van der Waals surface area contributed by atoms with Crippen molar-refractivity contribution in [2.45, 2.75) is 58.6 Å². The molecular weight excluding hydrogens is 253 g/mol. The fourth-order valence-electron chi connectivity index (χ4n) is 2.62. The van der Waals surface area contributed by atoms with Gasteiger partial charge in [0.1, 0.15) is 0 Å². The van der Waals surface area contributed by atoms with Gasteiger partial charge in [0.05, 0.1) is 6.10 Å². The maximum Gasteiger partial charge on any atom is 0.165 e. The summed E-state index contributed by atoms with van der Waals surface area (Å²) >= 11 is 0. The normalized spacial score (nSPS) is 16.6. The van der Waals surface area contributed by atoms with Crippen LogP contribution in [0.3, 0.4) is 0 Å². The van der Waals surface area contributed by atoms with Crippen LogP contribution in [0, 0.1) is 11.7 Å². The lowest BCUT2D eigenvalue weighted by atomic mass is 9.98. The molecule has 3 heteroatoms. The second-order valence-corrected chi connectivity index (χ2v) is 6.17. The maximum absolute atomic E-state index is 14.0. The summed E-state index contributed by atoms with van der Waals surface area (Å²) in [6.07, 6.45) is 5.98. The first kappa shape index (κ1) is 15.3. The van der Waals surface area contributed by atoms with Crippen LogP contribution < -0.4 is 10.1 Å². The predicted octanol–water partition coefficient (Wildman–Crippen LogP) is 4.28. The molecule has 2 rings (SSSR count). The number of nitrogens with one attached hydrogen (secondary N) is 1. The van der Waals surface area contributed by atoms with Crippen LogP contribution in [0.15, 0.2) is 18.2 Å². The second kappa shape index (κ2) is 7.63. The zero-order valence-electron chi connectivity index (χ0n) is 12.6. The molecule has 1 aliphatic carbocycles. The Morgan fingerprint density at radius 1 is 1.25 bits per heavy atom. The van der Waals surface area contributed by atoms with Gasteiger partial charge in [0.15, 0.2) is 11.6 Å². The number of rotatable bonds is 6. The van der Waals surface area contributed by atoms with E-state index in [1.807, 2.05) is 6.07 Å². The zero-order chi connectivity index (χ0) is 14.4. The van der Waals surface area contributed by atoms with Gasteiger partial charge in [0, 0.05) is 6.54 Å². The Morgan fingerprint density at radius 3 is 2.65 bits per heavy atom. The van der Waals surface area contributed by atoms with Crippen molar-refractivity contribution >= 4 is 0 Å². The Labute approximate surface area is 121 Å². The molecule has 0 aromatic heterocycles. The van der Waals surface area contributed by atoms with Crippen LogP contribution in [0.4, 0.5) is 4.39 Å². The number of ether oxygens (including phenoxy) is 1. The van der Waals surface area contributed by atoms with Crippen molar-refractivity contribution in [3.05, 3.63) is 29.6 Å². The zero-order valence-corrected chi connectivity index (χ0v) is 12.6. The molecule has 0 spiro atoms. The summed E-state index contributed by atoms with van der Waals surface area (Å²) in [5, 5.41) is 3.32. The van der Waals surface area contributed by atoms with E-state index in [1.54, 1.807) is 12.1 Å². The van der Waals surface area contributed by atoms with E-state index in [9.17, 15) is 4.39 Å². The third-order valence-electron chi connectivity index (χ3n) is 3.72. The minimum atomic E-state index is -0.237. The van der Waals surface area contributed by atoms with Crippen molar-refractivity contribution < 1.29 is 9.13 Å². The van der Waals surface area contributed by atoms with Gasteiger partial charge in [-0.25, -0.2) is 4.39 Å². The van der Waals surface area contributed by atoms with E-state index in [2.05, 4.69) is 19.2 Å². The van der Waals surface area contributed by atoms with Crippen LogP contribution in [0.2, 0.25) is 0 Å². The fourth-order valence-corrected chi connectivity index (χ4v) is 2.62. The first-order valence-corrected chi connectivity index (χ1v) is 7.81. The first-order valence-electron chi connectivity index (χ1n) is 7.81. The van der Waals surface area contributed by atoms with Crippen molar-refractivity contribution in [1.29, 1.82) is 0 Å². The summed E-state index contributed by atoms with van der Waals surface area (Å²) in [4.78, 5) is 0. The van der Waals surface area contributed by atoms with Gasteiger partial charge in [-0.1, -0.05) is 26.3 Å². The molecule has 20 heavy (non-hydrogen) atoms. The summed E-state index contributed by atoms with van der Waals surface area (Å²) in [5.74, 6) is 0.776. The van der Waals surface area contributed by atoms with E-state index in [-0.39, 0.29) is 11.9 Å². The minimum Gasteiger partial charge on any atom is -0.487 e. The largest absolute Gasteiger partial charge is 0.487 e. The lowest BCUT2D eigenvalue weighted by molar-refractivity contribution is 0.148. The highest BCUT2D eigenvalue weighted by atomic mass is 19.1. The minimum absolute atomic E-state index is 0.197. The monoisotopic (exact) mass is 279 g/mol. The Kier molecular flexibility index (Phi) is 5.84. The molecule has 0 bridgehead atoms. The molecule has 1 aliphatic rings. The van der Waals surface area contributed by atoms with Crippen LogP contribution in [-0.4, -0.2) is 12.6 Å². The van der Waals surface area contributed by atoms with Crippen LogP contribution >= 0.6 is 0 Å². The fraction of sp³-hybridized carbons (Fsp3) is 0.647.